The van der Waals surface area contributed by atoms with Gasteiger partial charge in [0, 0.05) is 0 Å². The van der Waals surface area contributed by atoms with Gasteiger partial charge in [-0.05, 0) is 6.42 Å². The number of nitrogens with two attached hydrogens (primary N) is 2. The highest BCUT2D eigenvalue weighted by atomic mass is 35.5. The van der Waals surface area contributed by atoms with Crippen LogP contribution in [0.4, 0.5) is 0 Å². The summed E-state index contributed by atoms with van der Waals surface area (Å²) in [6, 6.07) is 0. The van der Waals surface area contributed by atoms with Crippen LogP contribution in [0.5, 0.6) is 0 Å². The molecule has 0 heterocycles. The molecule has 0 atom stereocenters. The Bertz CT molecular complexity index is 48.1. The maximum atomic E-state index is 5.39. The molecule has 0 aliphatic carbocycles. The van der Waals surface area contributed by atoms with Crippen molar-refractivity contribution < 1.29 is 0 Å². The Morgan fingerprint density at radius 3 is 2.00 bits per heavy atom. The average molecular weight is 123 g/mol. The summed E-state index contributed by atoms with van der Waals surface area (Å²) < 4.78 is 0. The number of hydrogen-bond donors (Lipinski definition) is 2. The van der Waals surface area contributed by atoms with Gasteiger partial charge in [0.2, 0.25) is 0 Å². The van der Waals surface area contributed by atoms with E-state index in [4.69, 9.17) is 23.1 Å². The summed E-state index contributed by atoms with van der Waals surface area (Å²) in [7, 11) is 0. The average Bonchev–Trinajstić information content (AvgIpc) is 1.30. The minimum absolute atomic E-state index is 0.661. The first-order valence-corrected chi connectivity index (χ1v) is 2.70. The van der Waals surface area contributed by atoms with Crippen LogP contribution in [0.2, 0.25) is 0 Å². The van der Waals surface area contributed by atoms with Crippen molar-refractivity contribution in [3.63, 3.8) is 0 Å². The van der Waals surface area contributed by atoms with Crippen LogP contribution in [0.1, 0.15) is 19.8 Å². The van der Waals surface area contributed by atoms with Crippen LogP contribution in [0.25, 0.3) is 0 Å². The van der Waals surface area contributed by atoms with Crippen LogP contribution in [-0.2, 0) is 0 Å². The van der Waals surface area contributed by atoms with E-state index < -0.39 is 5.12 Å². The van der Waals surface area contributed by atoms with Crippen LogP contribution in [0, 0.1) is 0 Å². The molecule has 0 saturated carbocycles. The molecule has 0 fully saturated rings. The van der Waals surface area contributed by atoms with Crippen molar-refractivity contribution in [2.45, 2.75) is 24.9 Å². The summed E-state index contributed by atoms with van der Waals surface area (Å²) in [5.74, 6) is 0. The van der Waals surface area contributed by atoms with Gasteiger partial charge in [-0.25, -0.2) is 0 Å². The van der Waals surface area contributed by atoms with Crippen molar-refractivity contribution in [1.29, 1.82) is 0 Å². The fourth-order valence-corrected chi connectivity index (χ4v) is 0.572. The van der Waals surface area contributed by atoms with Gasteiger partial charge in [0.05, 0.1) is 0 Å². The molecular weight excluding hydrogens is 112 g/mol. The second-order valence-electron chi connectivity index (χ2n) is 1.68. The van der Waals surface area contributed by atoms with Gasteiger partial charge in [-0.2, -0.15) is 0 Å². The molecule has 0 aliphatic rings. The van der Waals surface area contributed by atoms with E-state index in [0.29, 0.717) is 6.42 Å². The molecule has 7 heavy (non-hydrogen) atoms. The van der Waals surface area contributed by atoms with Crippen molar-refractivity contribution in [3.05, 3.63) is 0 Å². The molecule has 0 aromatic carbocycles. The highest BCUT2D eigenvalue weighted by molar-refractivity contribution is 6.22. The Labute approximate surface area is 48.8 Å². The molecule has 4 N–H and O–H groups in total. The van der Waals surface area contributed by atoms with Gasteiger partial charge in [0.1, 0.15) is 5.12 Å². The molecule has 0 spiro atoms. The fourth-order valence-electron chi connectivity index (χ4n) is 0.383. The van der Waals surface area contributed by atoms with E-state index in [9.17, 15) is 0 Å². The van der Waals surface area contributed by atoms with Gasteiger partial charge in [0.25, 0.3) is 0 Å². The molecule has 0 rings (SSSR count). The van der Waals surface area contributed by atoms with E-state index in [1.54, 1.807) is 0 Å². The topological polar surface area (TPSA) is 52.0 Å². The Morgan fingerprint density at radius 2 is 2.00 bits per heavy atom. The molecular formula is C4H11ClN2. The lowest BCUT2D eigenvalue weighted by Gasteiger charge is -2.12. The molecule has 0 aromatic heterocycles. The summed E-state index contributed by atoms with van der Waals surface area (Å²) in [5.41, 5.74) is 10.4. The van der Waals surface area contributed by atoms with Crippen molar-refractivity contribution in [2.75, 3.05) is 0 Å². The predicted molar refractivity (Wildman–Crippen MR) is 31.9 cm³/mol. The van der Waals surface area contributed by atoms with Crippen LogP contribution >= 0.6 is 11.6 Å². The van der Waals surface area contributed by atoms with Gasteiger partial charge < -0.3 is 11.5 Å². The number of hydrogen-bond acceptors (Lipinski definition) is 2. The molecule has 0 amide bonds. The van der Waals surface area contributed by atoms with E-state index in [1.807, 2.05) is 6.92 Å². The monoisotopic (exact) mass is 122 g/mol. The van der Waals surface area contributed by atoms with E-state index in [1.165, 1.54) is 0 Å². The van der Waals surface area contributed by atoms with Crippen LogP contribution in [-0.4, -0.2) is 5.12 Å². The Kier molecular flexibility index (Phi) is 2.58. The second kappa shape index (κ2) is 2.50. The maximum absolute atomic E-state index is 5.39. The lowest BCUT2D eigenvalue weighted by molar-refractivity contribution is 0.562. The van der Waals surface area contributed by atoms with Gasteiger partial charge in [-0.3, -0.25) is 0 Å². The Morgan fingerprint density at radius 1 is 1.57 bits per heavy atom. The van der Waals surface area contributed by atoms with Crippen LogP contribution in [0.15, 0.2) is 0 Å². The van der Waals surface area contributed by atoms with Gasteiger partial charge in [0.15, 0.2) is 0 Å². The molecule has 0 aromatic rings. The molecule has 0 radical (unpaired) electrons. The standard InChI is InChI=1S/C4H11ClN2/c1-2-3-4(5,6)7/h2-3,6-7H2,1H3. The third-order valence-electron chi connectivity index (χ3n) is 0.633. The third-order valence-corrected chi connectivity index (χ3v) is 0.822. The van der Waals surface area contributed by atoms with Crippen LogP contribution < -0.4 is 11.5 Å². The van der Waals surface area contributed by atoms with E-state index >= 15 is 0 Å². The largest absolute Gasteiger partial charge is 0.301 e. The van der Waals surface area contributed by atoms with E-state index in [0.717, 1.165) is 6.42 Å². The molecule has 44 valence electrons. The lowest BCUT2D eigenvalue weighted by Crippen LogP contribution is -2.42. The Balaban J connectivity index is 3.15. The molecule has 0 saturated heterocycles. The van der Waals surface area contributed by atoms with Crippen molar-refractivity contribution >= 4 is 11.6 Å². The zero-order valence-electron chi connectivity index (χ0n) is 4.45. The normalized spacial score (nSPS) is 12.0. The molecule has 2 nitrogen and oxygen atoms in total. The van der Waals surface area contributed by atoms with Crippen LogP contribution in [0.3, 0.4) is 0 Å². The molecule has 0 aliphatic heterocycles. The highest BCUT2D eigenvalue weighted by Crippen LogP contribution is 2.05. The smallest absolute Gasteiger partial charge is 0.141 e. The van der Waals surface area contributed by atoms with Crippen molar-refractivity contribution in [3.8, 4) is 0 Å². The third kappa shape index (κ3) is 6.21. The van der Waals surface area contributed by atoms with Gasteiger partial charge in [-0.1, -0.05) is 24.9 Å². The summed E-state index contributed by atoms with van der Waals surface area (Å²) in [5, 5.41) is -0.977. The summed E-state index contributed by atoms with van der Waals surface area (Å²) in [6.45, 7) is 1.98. The molecule has 0 bridgehead atoms. The predicted octanol–water partition coefficient (Wildman–Crippen LogP) is 0.597. The first kappa shape index (κ1) is 7.21. The summed E-state index contributed by atoms with van der Waals surface area (Å²) >= 11 is 5.39. The maximum Gasteiger partial charge on any atom is 0.141 e. The SMILES string of the molecule is CCCC(N)(N)Cl. The minimum atomic E-state index is -0.977. The first-order valence-electron chi connectivity index (χ1n) is 2.33. The number of alkyl halides is 1. The zero-order chi connectivity index (χ0) is 5.91. The van der Waals surface area contributed by atoms with Gasteiger partial charge in [-0.15, -0.1) is 0 Å². The summed E-state index contributed by atoms with van der Waals surface area (Å²) in [4.78, 5) is 0. The second-order valence-corrected chi connectivity index (χ2v) is 2.38. The highest BCUT2D eigenvalue weighted by Gasteiger charge is 2.10. The minimum Gasteiger partial charge on any atom is -0.301 e. The zero-order valence-corrected chi connectivity index (χ0v) is 5.20. The first-order chi connectivity index (χ1) is 3.06. The van der Waals surface area contributed by atoms with Crippen molar-refractivity contribution in [1.82, 2.24) is 0 Å². The fraction of sp³-hybridized carbons (Fsp3) is 1.00. The van der Waals surface area contributed by atoms with Crippen molar-refractivity contribution in [2.24, 2.45) is 11.5 Å². The lowest BCUT2D eigenvalue weighted by atomic mass is 10.3. The number of rotatable bonds is 2. The molecule has 0 unspecified atom stereocenters. The van der Waals surface area contributed by atoms with E-state index in [-0.39, 0.29) is 0 Å². The Hall–Kier alpha value is 0.210. The van der Waals surface area contributed by atoms with E-state index in [2.05, 4.69) is 0 Å². The van der Waals surface area contributed by atoms with Gasteiger partial charge >= 0.3 is 0 Å². The summed E-state index contributed by atoms with van der Waals surface area (Å²) in [6.07, 6.45) is 1.59. The number of halogens is 1. The quantitative estimate of drug-likeness (QED) is 0.320. The molecule has 3 heteroatoms.